The summed E-state index contributed by atoms with van der Waals surface area (Å²) in [5.74, 6) is 0.00787. The monoisotopic (exact) mass is 244 g/mol. The van der Waals surface area contributed by atoms with Crippen molar-refractivity contribution in [3.05, 3.63) is 0 Å². The topological polar surface area (TPSA) is 75.3 Å². The molecule has 4 heteroatoms. The van der Waals surface area contributed by atoms with Crippen LogP contribution < -0.4 is 11.1 Å². The quantitative estimate of drug-likeness (QED) is 0.604. The average Bonchev–Trinajstić information content (AvgIpc) is 2.26. The van der Waals surface area contributed by atoms with Gasteiger partial charge in [-0.2, -0.15) is 0 Å². The molecule has 0 heterocycles. The van der Waals surface area contributed by atoms with Gasteiger partial charge in [0.15, 0.2) is 0 Å². The summed E-state index contributed by atoms with van der Waals surface area (Å²) in [5.41, 5.74) is 5.15. The van der Waals surface area contributed by atoms with Crippen LogP contribution in [0.4, 0.5) is 0 Å². The molecule has 0 aliphatic carbocycles. The van der Waals surface area contributed by atoms with Crippen molar-refractivity contribution >= 4 is 5.91 Å². The molecule has 17 heavy (non-hydrogen) atoms. The predicted octanol–water partition coefficient (Wildman–Crippen LogP) is 1.42. The molecule has 102 valence electrons. The van der Waals surface area contributed by atoms with E-state index in [9.17, 15) is 9.90 Å². The fourth-order valence-electron chi connectivity index (χ4n) is 1.61. The van der Waals surface area contributed by atoms with Gasteiger partial charge in [-0.25, -0.2) is 0 Å². The maximum absolute atomic E-state index is 11.8. The van der Waals surface area contributed by atoms with Crippen LogP contribution >= 0.6 is 0 Å². The molecule has 0 aliphatic rings. The second-order valence-corrected chi connectivity index (χ2v) is 5.82. The van der Waals surface area contributed by atoms with Crippen molar-refractivity contribution in [1.29, 1.82) is 0 Å². The number of hydrogen-bond acceptors (Lipinski definition) is 3. The van der Waals surface area contributed by atoms with E-state index in [1.807, 2.05) is 13.8 Å². The lowest BCUT2D eigenvalue weighted by Crippen LogP contribution is -2.48. The summed E-state index contributed by atoms with van der Waals surface area (Å²) in [7, 11) is 0. The zero-order valence-corrected chi connectivity index (χ0v) is 11.7. The molecule has 0 aromatic carbocycles. The summed E-state index contributed by atoms with van der Waals surface area (Å²) in [6.45, 7) is 8.68. The maximum Gasteiger partial charge on any atom is 0.220 e. The highest BCUT2D eigenvalue weighted by molar-refractivity contribution is 5.76. The van der Waals surface area contributed by atoms with E-state index in [0.29, 0.717) is 13.0 Å². The van der Waals surface area contributed by atoms with E-state index in [0.717, 1.165) is 19.3 Å². The number of aliphatic hydroxyl groups is 1. The first-order valence-electron chi connectivity index (χ1n) is 6.40. The maximum atomic E-state index is 11.8. The second-order valence-electron chi connectivity index (χ2n) is 5.82. The van der Waals surface area contributed by atoms with Gasteiger partial charge in [-0.3, -0.25) is 4.79 Å². The molecular weight excluding hydrogens is 216 g/mol. The van der Waals surface area contributed by atoms with Crippen LogP contribution in [0.3, 0.4) is 0 Å². The molecule has 4 nitrogen and oxygen atoms in total. The summed E-state index contributed by atoms with van der Waals surface area (Å²) in [6.07, 6.45) is 2.95. The molecule has 1 unspecified atom stereocenters. The molecule has 0 saturated carbocycles. The Morgan fingerprint density at radius 3 is 2.29 bits per heavy atom. The molecule has 0 spiro atoms. The molecule has 0 fully saturated rings. The van der Waals surface area contributed by atoms with Crippen LogP contribution in [0.1, 0.15) is 53.4 Å². The summed E-state index contributed by atoms with van der Waals surface area (Å²) >= 11 is 0. The fourth-order valence-corrected chi connectivity index (χ4v) is 1.61. The number of nitrogens with one attached hydrogen (secondary N) is 1. The van der Waals surface area contributed by atoms with Gasteiger partial charge in [0.05, 0.1) is 12.1 Å². The highest BCUT2D eigenvalue weighted by atomic mass is 16.3. The van der Waals surface area contributed by atoms with E-state index in [1.54, 1.807) is 0 Å². The van der Waals surface area contributed by atoms with Crippen LogP contribution in [0.15, 0.2) is 0 Å². The zero-order chi connectivity index (χ0) is 13.5. The van der Waals surface area contributed by atoms with E-state index in [1.165, 1.54) is 0 Å². The molecule has 0 aliphatic heterocycles. The minimum absolute atomic E-state index is 0.00787. The molecule has 0 rings (SSSR count). The average molecular weight is 244 g/mol. The van der Waals surface area contributed by atoms with Crippen molar-refractivity contribution in [1.82, 2.24) is 5.32 Å². The second kappa shape index (κ2) is 6.97. The van der Waals surface area contributed by atoms with Gasteiger partial charge in [0.2, 0.25) is 5.91 Å². The molecule has 4 N–H and O–H groups in total. The van der Waals surface area contributed by atoms with Crippen molar-refractivity contribution in [3.63, 3.8) is 0 Å². The van der Waals surface area contributed by atoms with Crippen LogP contribution in [-0.2, 0) is 4.79 Å². The zero-order valence-electron chi connectivity index (χ0n) is 11.7. The highest BCUT2D eigenvalue weighted by Crippen LogP contribution is 2.25. The number of carbonyl (C=O) groups is 1. The summed E-state index contributed by atoms with van der Waals surface area (Å²) < 4.78 is 0. The first kappa shape index (κ1) is 16.4. The third kappa shape index (κ3) is 6.64. The van der Waals surface area contributed by atoms with E-state index in [4.69, 9.17) is 5.73 Å². The number of aliphatic hydroxyl groups excluding tert-OH is 1. The third-order valence-corrected chi connectivity index (χ3v) is 3.42. The van der Waals surface area contributed by atoms with Gasteiger partial charge in [0, 0.05) is 6.42 Å². The standard InChI is InChI=1S/C13H28N2O2/c1-5-13(4,10-16)15-11(17)6-7-12(2,3)8-9-14/h16H,5-10,14H2,1-4H3,(H,15,17). The first-order valence-corrected chi connectivity index (χ1v) is 6.40. The van der Waals surface area contributed by atoms with Crippen molar-refractivity contribution in [2.24, 2.45) is 11.1 Å². The van der Waals surface area contributed by atoms with Crippen LogP contribution in [0.5, 0.6) is 0 Å². The summed E-state index contributed by atoms with van der Waals surface area (Å²) in [6, 6.07) is 0. The van der Waals surface area contributed by atoms with Crippen molar-refractivity contribution in [2.45, 2.75) is 58.9 Å². The minimum atomic E-state index is -0.491. The fraction of sp³-hybridized carbons (Fsp3) is 0.923. The Bertz CT molecular complexity index is 236. The lowest BCUT2D eigenvalue weighted by Gasteiger charge is -2.29. The predicted molar refractivity (Wildman–Crippen MR) is 70.6 cm³/mol. The molecule has 0 saturated heterocycles. The minimum Gasteiger partial charge on any atom is -0.394 e. The summed E-state index contributed by atoms with van der Waals surface area (Å²) in [4.78, 5) is 11.8. The third-order valence-electron chi connectivity index (χ3n) is 3.42. The Labute approximate surface area is 105 Å². The Morgan fingerprint density at radius 2 is 1.88 bits per heavy atom. The summed E-state index contributed by atoms with van der Waals surface area (Å²) in [5, 5.41) is 12.1. The van der Waals surface area contributed by atoms with E-state index >= 15 is 0 Å². The first-order chi connectivity index (χ1) is 7.78. The van der Waals surface area contributed by atoms with E-state index < -0.39 is 5.54 Å². The Kier molecular flexibility index (Phi) is 6.72. The molecule has 0 aromatic heterocycles. The number of carbonyl (C=O) groups excluding carboxylic acids is 1. The molecule has 1 amide bonds. The number of nitrogens with two attached hydrogens (primary N) is 1. The molecule has 0 bridgehead atoms. The van der Waals surface area contributed by atoms with Crippen molar-refractivity contribution in [2.75, 3.05) is 13.2 Å². The molecule has 0 radical (unpaired) electrons. The number of amides is 1. The van der Waals surface area contributed by atoms with Crippen LogP contribution in [-0.4, -0.2) is 29.7 Å². The van der Waals surface area contributed by atoms with Crippen LogP contribution in [0.2, 0.25) is 0 Å². The van der Waals surface area contributed by atoms with Gasteiger partial charge in [0.25, 0.3) is 0 Å². The van der Waals surface area contributed by atoms with Crippen LogP contribution in [0, 0.1) is 5.41 Å². The van der Waals surface area contributed by atoms with Crippen molar-refractivity contribution < 1.29 is 9.90 Å². The van der Waals surface area contributed by atoms with Gasteiger partial charge in [-0.15, -0.1) is 0 Å². The molecular formula is C13H28N2O2. The number of hydrogen-bond donors (Lipinski definition) is 3. The molecule has 1 atom stereocenters. The number of rotatable bonds is 8. The normalized spacial score (nSPS) is 15.4. The smallest absolute Gasteiger partial charge is 0.220 e. The largest absolute Gasteiger partial charge is 0.394 e. The van der Waals surface area contributed by atoms with Gasteiger partial charge in [-0.05, 0) is 38.1 Å². The van der Waals surface area contributed by atoms with Gasteiger partial charge in [-0.1, -0.05) is 20.8 Å². The SMILES string of the molecule is CCC(C)(CO)NC(=O)CCC(C)(C)CCN. The van der Waals surface area contributed by atoms with Gasteiger partial charge < -0.3 is 16.2 Å². The Hall–Kier alpha value is -0.610. The Balaban J connectivity index is 4.11. The Morgan fingerprint density at radius 1 is 1.29 bits per heavy atom. The lowest BCUT2D eigenvalue weighted by molar-refractivity contribution is -0.124. The van der Waals surface area contributed by atoms with Gasteiger partial charge in [0.1, 0.15) is 0 Å². The lowest BCUT2D eigenvalue weighted by atomic mass is 9.84. The molecule has 0 aromatic rings. The van der Waals surface area contributed by atoms with E-state index in [-0.39, 0.29) is 17.9 Å². The van der Waals surface area contributed by atoms with Crippen LogP contribution in [0.25, 0.3) is 0 Å². The van der Waals surface area contributed by atoms with Gasteiger partial charge >= 0.3 is 0 Å². The highest BCUT2D eigenvalue weighted by Gasteiger charge is 2.24. The van der Waals surface area contributed by atoms with E-state index in [2.05, 4.69) is 19.2 Å². The van der Waals surface area contributed by atoms with Crippen molar-refractivity contribution in [3.8, 4) is 0 Å².